The number of fused-ring (bicyclic) bond motifs is 1. The van der Waals surface area contributed by atoms with Crippen molar-refractivity contribution in [2.75, 3.05) is 24.4 Å². The van der Waals surface area contributed by atoms with Crippen molar-refractivity contribution < 1.29 is 19.1 Å². The van der Waals surface area contributed by atoms with Crippen LogP contribution in [0.15, 0.2) is 69.6 Å². The number of methoxy groups -OCH3 is 1. The molecule has 0 saturated carbocycles. The van der Waals surface area contributed by atoms with Gasteiger partial charge in [-0.3, -0.25) is 23.5 Å². The van der Waals surface area contributed by atoms with E-state index in [-0.39, 0.29) is 31.8 Å². The molecule has 2 aromatic heterocycles. The van der Waals surface area contributed by atoms with Crippen LogP contribution in [0.2, 0.25) is 0 Å². The van der Waals surface area contributed by atoms with E-state index in [2.05, 4.69) is 10.6 Å². The van der Waals surface area contributed by atoms with E-state index < -0.39 is 17.2 Å². The number of hydrogen-bond acceptors (Lipinski definition) is 7. The van der Waals surface area contributed by atoms with Crippen molar-refractivity contribution in [1.82, 2.24) is 9.13 Å². The Kier molecular flexibility index (Phi) is 8.59. The molecule has 10 nitrogen and oxygen atoms in total. The molecular formula is C27H28N4O6S. The molecule has 2 heterocycles. The Balaban J connectivity index is 1.44. The van der Waals surface area contributed by atoms with Gasteiger partial charge in [0.05, 0.1) is 19.2 Å². The number of nitrogens with zero attached hydrogens (tertiary/aromatic N) is 2. The third-order valence-electron chi connectivity index (χ3n) is 5.75. The van der Waals surface area contributed by atoms with Gasteiger partial charge in [-0.15, -0.1) is 11.3 Å². The minimum absolute atomic E-state index is 0.0437. The maximum Gasteiger partial charge on any atom is 0.332 e. The van der Waals surface area contributed by atoms with Crippen LogP contribution >= 0.6 is 11.3 Å². The molecule has 0 bridgehead atoms. The number of carbonyl (C=O) groups excluding carboxylic acids is 2. The Hall–Kier alpha value is -4.38. The second kappa shape index (κ2) is 12.2. The molecule has 2 N–H and O–H groups in total. The van der Waals surface area contributed by atoms with E-state index in [9.17, 15) is 19.2 Å². The largest absolute Gasteiger partial charge is 0.497 e. The molecule has 0 spiro atoms. The normalized spacial score (nSPS) is 10.8. The summed E-state index contributed by atoms with van der Waals surface area (Å²) in [4.78, 5) is 51.4. The fourth-order valence-electron chi connectivity index (χ4n) is 3.92. The molecule has 2 amide bonds. The summed E-state index contributed by atoms with van der Waals surface area (Å²) in [6, 6.07) is 15.5. The summed E-state index contributed by atoms with van der Waals surface area (Å²) < 4.78 is 13.3. The molecule has 0 saturated heterocycles. The summed E-state index contributed by atoms with van der Waals surface area (Å²) in [6.45, 7) is 2.20. The molecule has 0 radical (unpaired) electrons. The van der Waals surface area contributed by atoms with E-state index in [1.807, 2.05) is 6.92 Å². The average Bonchev–Trinajstić information content (AvgIpc) is 3.40. The number of carbonyl (C=O) groups is 2. The molecule has 0 aliphatic carbocycles. The molecule has 11 heteroatoms. The molecule has 0 fully saturated rings. The van der Waals surface area contributed by atoms with Crippen LogP contribution in [0.4, 0.5) is 11.4 Å². The summed E-state index contributed by atoms with van der Waals surface area (Å²) in [5.74, 6) is 0.713. The van der Waals surface area contributed by atoms with Gasteiger partial charge in [-0.1, -0.05) is 0 Å². The summed E-state index contributed by atoms with van der Waals surface area (Å²) in [6.07, 6.45) is 0.380. The Morgan fingerprint density at radius 1 is 0.868 bits per heavy atom. The quantitative estimate of drug-likeness (QED) is 0.302. The predicted octanol–water partition coefficient (Wildman–Crippen LogP) is 3.69. The lowest BCUT2D eigenvalue weighted by Gasteiger charge is -2.13. The van der Waals surface area contributed by atoms with E-state index in [0.717, 1.165) is 4.57 Å². The highest BCUT2D eigenvalue weighted by molar-refractivity contribution is 7.17. The highest BCUT2D eigenvalue weighted by atomic mass is 32.1. The highest BCUT2D eigenvalue weighted by Gasteiger charge is 2.17. The average molecular weight is 537 g/mol. The standard InChI is InChI=1S/C27H28N4O6S/c1-3-37-21-12-8-19(9-13-21)29-24(33)17-31-22-14-16-38-25(22)26(34)30(27(31)35)15-4-5-23(32)28-18-6-10-20(36-2)11-7-18/h6-14,16H,3-5,15,17H2,1-2H3,(H,28,32)(H,29,33). The van der Waals surface area contributed by atoms with Crippen LogP contribution in [0.1, 0.15) is 19.8 Å². The Morgan fingerprint density at radius 3 is 2.13 bits per heavy atom. The second-order valence-corrected chi connectivity index (χ2v) is 9.26. The van der Waals surface area contributed by atoms with Crippen molar-refractivity contribution >= 4 is 44.7 Å². The molecule has 2 aromatic carbocycles. The van der Waals surface area contributed by atoms with Crippen molar-refractivity contribution in [3.05, 3.63) is 80.8 Å². The van der Waals surface area contributed by atoms with Gasteiger partial charge in [-0.05, 0) is 73.3 Å². The van der Waals surface area contributed by atoms with Crippen LogP contribution in [0.5, 0.6) is 11.5 Å². The molecule has 0 unspecified atom stereocenters. The number of amides is 2. The SMILES string of the molecule is CCOc1ccc(NC(=O)Cn2c(=O)n(CCCC(=O)Nc3ccc(OC)cc3)c(=O)c3sccc32)cc1. The van der Waals surface area contributed by atoms with E-state index in [1.165, 1.54) is 15.9 Å². The van der Waals surface area contributed by atoms with Gasteiger partial charge in [0.1, 0.15) is 22.7 Å². The number of nitrogens with one attached hydrogen (secondary N) is 2. The van der Waals surface area contributed by atoms with Gasteiger partial charge in [0, 0.05) is 24.3 Å². The number of anilines is 2. The van der Waals surface area contributed by atoms with E-state index >= 15 is 0 Å². The van der Waals surface area contributed by atoms with Gasteiger partial charge in [-0.2, -0.15) is 0 Å². The summed E-state index contributed by atoms with van der Waals surface area (Å²) in [5.41, 5.74) is 0.551. The number of benzene rings is 2. The molecule has 0 aliphatic heterocycles. The van der Waals surface area contributed by atoms with E-state index in [1.54, 1.807) is 67.1 Å². The number of hydrogen-bond donors (Lipinski definition) is 2. The minimum Gasteiger partial charge on any atom is -0.497 e. The summed E-state index contributed by atoms with van der Waals surface area (Å²) >= 11 is 1.20. The van der Waals surface area contributed by atoms with Gasteiger partial charge in [-0.25, -0.2) is 4.79 Å². The van der Waals surface area contributed by atoms with E-state index in [0.29, 0.717) is 39.7 Å². The first-order valence-corrected chi connectivity index (χ1v) is 12.9. The fraction of sp³-hybridized carbons (Fsp3) is 0.259. The van der Waals surface area contributed by atoms with Crippen LogP contribution in [-0.4, -0.2) is 34.7 Å². The van der Waals surface area contributed by atoms with Crippen molar-refractivity contribution in [2.24, 2.45) is 0 Å². The van der Waals surface area contributed by atoms with Crippen molar-refractivity contribution in [2.45, 2.75) is 32.9 Å². The van der Waals surface area contributed by atoms with Crippen LogP contribution in [-0.2, 0) is 22.7 Å². The molecule has 0 atom stereocenters. The van der Waals surface area contributed by atoms with Crippen molar-refractivity contribution in [3.63, 3.8) is 0 Å². The third kappa shape index (κ3) is 6.30. The lowest BCUT2D eigenvalue weighted by atomic mass is 10.2. The first-order chi connectivity index (χ1) is 18.4. The zero-order chi connectivity index (χ0) is 27.1. The van der Waals surface area contributed by atoms with Gasteiger partial charge in [0.15, 0.2) is 0 Å². The highest BCUT2D eigenvalue weighted by Crippen LogP contribution is 2.18. The summed E-state index contributed by atoms with van der Waals surface area (Å²) in [5, 5.41) is 7.26. The predicted molar refractivity (Wildman–Crippen MR) is 147 cm³/mol. The topological polar surface area (TPSA) is 121 Å². The molecule has 0 aliphatic rings. The second-order valence-electron chi connectivity index (χ2n) is 8.35. The van der Waals surface area contributed by atoms with Gasteiger partial charge in [0.25, 0.3) is 5.56 Å². The minimum atomic E-state index is -0.599. The number of thiophene rings is 1. The van der Waals surface area contributed by atoms with Crippen molar-refractivity contribution in [3.8, 4) is 11.5 Å². The van der Waals surface area contributed by atoms with Crippen LogP contribution in [0, 0.1) is 0 Å². The van der Waals surface area contributed by atoms with Crippen LogP contribution in [0.3, 0.4) is 0 Å². The first-order valence-electron chi connectivity index (χ1n) is 12.1. The lowest BCUT2D eigenvalue weighted by molar-refractivity contribution is -0.117. The Labute approximate surface area is 222 Å². The monoisotopic (exact) mass is 536 g/mol. The number of ether oxygens (including phenoxy) is 2. The Morgan fingerprint density at radius 2 is 1.50 bits per heavy atom. The lowest BCUT2D eigenvalue weighted by Crippen LogP contribution is -2.41. The molecule has 4 rings (SSSR count). The fourth-order valence-corrected chi connectivity index (χ4v) is 4.77. The van der Waals surface area contributed by atoms with Crippen LogP contribution in [0.25, 0.3) is 10.2 Å². The first kappa shape index (κ1) is 26.7. The van der Waals surface area contributed by atoms with Gasteiger partial charge in [0.2, 0.25) is 11.8 Å². The molecule has 198 valence electrons. The zero-order valence-electron chi connectivity index (χ0n) is 21.1. The smallest absolute Gasteiger partial charge is 0.332 e. The van der Waals surface area contributed by atoms with Crippen LogP contribution < -0.4 is 31.4 Å². The number of aromatic nitrogens is 2. The van der Waals surface area contributed by atoms with Crippen molar-refractivity contribution in [1.29, 1.82) is 0 Å². The third-order valence-corrected chi connectivity index (χ3v) is 6.64. The number of rotatable bonds is 11. The van der Waals surface area contributed by atoms with Gasteiger partial charge >= 0.3 is 5.69 Å². The van der Waals surface area contributed by atoms with E-state index in [4.69, 9.17) is 9.47 Å². The maximum absolute atomic E-state index is 13.3. The molecular weight excluding hydrogens is 508 g/mol. The van der Waals surface area contributed by atoms with Gasteiger partial charge < -0.3 is 20.1 Å². The molecule has 4 aromatic rings. The summed E-state index contributed by atoms with van der Waals surface area (Å²) in [7, 11) is 1.56. The maximum atomic E-state index is 13.3. The molecule has 38 heavy (non-hydrogen) atoms. The zero-order valence-corrected chi connectivity index (χ0v) is 21.9. The Bertz CT molecular complexity index is 1540.